The van der Waals surface area contributed by atoms with Crippen molar-refractivity contribution in [1.29, 1.82) is 0 Å². The first-order chi connectivity index (χ1) is 11.6. The Labute approximate surface area is 145 Å². The van der Waals surface area contributed by atoms with E-state index in [9.17, 15) is 19.2 Å². The van der Waals surface area contributed by atoms with Crippen LogP contribution in [-0.4, -0.2) is 46.9 Å². The summed E-state index contributed by atoms with van der Waals surface area (Å²) in [6, 6.07) is 6.51. The summed E-state index contributed by atoms with van der Waals surface area (Å²) in [7, 11) is 0. The zero-order chi connectivity index (χ0) is 18.8. The van der Waals surface area contributed by atoms with Crippen molar-refractivity contribution in [1.82, 2.24) is 10.2 Å². The van der Waals surface area contributed by atoms with Gasteiger partial charge < -0.3 is 15.4 Å². The van der Waals surface area contributed by atoms with Crippen molar-refractivity contribution in [2.75, 3.05) is 11.9 Å². The number of hydrogen-bond acceptors (Lipinski definition) is 5. The average molecular weight is 347 g/mol. The van der Waals surface area contributed by atoms with Crippen LogP contribution >= 0.6 is 0 Å². The quantitative estimate of drug-likeness (QED) is 0.615. The molecular formula is C17H21N3O5. The molecule has 1 saturated heterocycles. The number of anilines is 1. The van der Waals surface area contributed by atoms with Gasteiger partial charge in [-0.1, -0.05) is 12.1 Å². The third-order valence-electron chi connectivity index (χ3n) is 3.69. The number of urea groups is 1. The molecule has 1 fully saturated rings. The molecular weight excluding hydrogens is 326 g/mol. The summed E-state index contributed by atoms with van der Waals surface area (Å²) in [6.07, 6.45) is -1.07. The van der Waals surface area contributed by atoms with Gasteiger partial charge in [-0.25, -0.2) is 4.79 Å². The largest absolute Gasteiger partial charge is 0.451 e. The fraction of sp³-hybridized carbons (Fsp3) is 0.412. The minimum absolute atomic E-state index is 0.503. The Bertz CT molecular complexity index is 729. The van der Waals surface area contributed by atoms with Crippen molar-refractivity contribution in [3.05, 3.63) is 29.8 Å². The lowest BCUT2D eigenvalue weighted by Crippen LogP contribution is -2.42. The van der Waals surface area contributed by atoms with Crippen LogP contribution in [0.4, 0.5) is 10.5 Å². The predicted octanol–water partition coefficient (Wildman–Crippen LogP) is 1.20. The molecule has 134 valence electrons. The number of benzene rings is 1. The van der Waals surface area contributed by atoms with E-state index in [-0.39, 0.29) is 0 Å². The number of aryl methyl sites for hydroxylation is 1. The predicted molar refractivity (Wildman–Crippen MR) is 89.7 cm³/mol. The molecule has 1 aromatic rings. The zero-order valence-electron chi connectivity index (χ0n) is 14.6. The smallest absolute Gasteiger partial charge is 0.327 e. The molecule has 0 aliphatic carbocycles. The minimum atomic E-state index is -1.07. The summed E-state index contributed by atoms with van der Waals surface area (Å²) in [4.78, 5) is 48.6. The summed E-state index contributed by atoms with van der Waals surface area (Å²) < 4.78 is 5.02. The lowest BCUT2D eigenvalue weighted by atomic mass is 10.1. The van der Waals surface area contributed by atoms with E-state index in [1.54, 1.807) is 18.2 Å². The minimum Gasteiger partial charge on any atom is -0.451 e. The van der Waals surface area contributed by atoms with Crippen LogP contribution in [0.1, 0.15) is 26.3 Å². The summed E-state index contributed by atoms with van der Waals surface area (Å²) in [5, 5.41) is 5.10. The van der Waals surface area contributed by atoms with Crippen molar-refractivity contribution in [2.45, 2.75) is 39.3 Å². The Kier molecular flexibility index (Phi) is 5.10. The summed E-state index contributed by atoms with van der Waals surface area (Å²) in [5.41, 5.74) is 0.498. The van der Waals surface area contributed by atoms with Gasteiger partial charge in [-0.15, -0.1) is 0 Å². The standard InChI is InChI=1S/C17H21N3O5/c1-10-6-5-7-12(8-10)18-14(22)11(2)25-13(21)9-20-15(23)17(3,4)19-16(20)24/h5-8,11H,9H2,1-4H3,(H,18,22)(H,19,24)/t11-/m0/s1. The number of imide groups is 1. The van der Waals surface area contributed by atoms with Crippen LogP contribution in [-0.2, 0) is 19.1 Å². The molecule has 8 heteroatoms. The van der Waals surface area contributed by atoms with Gasteiger partial charge in [0.1, 0.15) is 12.1 Å². The highest BCUT2D eigenvalue weighted by molar-refractivity contribution is 6.08. The zero-order valence-corrected chi connectivity index (χ0v) is 14.6. The molecule has 1 aromatic carbocycles. The highest BCUT2D eigenvalue weighted by Gasteiger charge is 2.45. The molecule has 8 nitrogen and oxygen atoms in total. The summed E-state index contributed by atoms with van der Waals surface area (Å²) in [5.74, 6) is -1.86. The van der Waals surface area contributed by atoms with Crippen molar-refractivity contribution in [2.24, 2.45) is 0 Å². The molecule has 1 heterocycles. The lowest BCUT2D eigenvalue weighted by Gasteiger charge is -2.17. The van der Waals surface area contributed by atoms with Crippen LogP contribution in [0.3, 0.4) is 0 Å². The number of esters is 1. The van der Waals surface area contributed by atoms with Gasteiger partial charge in [0.15, 0.2) is 6.10 Å². The molecule has 0 aromatic heterocycles. The van der Waals surface area contributed by atoms with Crippen LogP contribution in [0, 0.1) is 6.92 Å². The number of nitrogens with zero attached hydrogens (tertiary/aromatic N) is 1. The number of nitrogens with one attached hydrogen (secondary N) is 2. The van der Waals surface area contributed by atoms with Crippen molar-refractivity contribution < 1.29 is 23.9 Å². The number of hydrogen-bond donors (Lipinski definition) is 2. The summed E-state index contributed by atoms with van der Waals surface area (Å²) >= 11 is 0. The molecule has 0 spiro atoms. The highest BCUT2D eigenvalue weighted by Crippen LogP contribution is 2.16. The topological polar surface area (TPSA) is 105 Å². The number of amides is 4. The Balaban J connectivity index is 1.90. The first-order valence-electron chi connectivity index (χ1n) is 7.81. The van der Waals surface area contributed by atoms with Crippen LogP contribution in [0.25, 0.3) is 0 Å². The molecule has 0 radical (unpaired) electrons. The second-order valence-corrected chi connectivity index (χ2v) is 6.44. The molecule has 0 bridgehead atoms. The molecule has 2 rings (SSSR count). The van der Waals surface area contributed by atoms with Gasteiger partial charge in [-0.3, -0.25) is 19.3 Å². The van der Waals surface area contributed by atoms with Crippen LogP contribution in [0.2, 0.25) is 0 Å². The Morgan fingerprint density at radius 3 is 2.56 bits per heavy atom. The molecule has 1 aliphatic rings. The maximum atomic E-state index is 12.1. The fourth-order valence-electron chi connectivity index (χ4n) is 2.35. The van der Waals surface area contributed by atoms with Crippen LogP contribution in [0.5, 0.6) is 0 Å². The molecule has 2 N–H and O–H groups in total. The van der Waals surface area contributed by atoms with Crippen LogP contribution < -0.4 is 10.6 Å². The van der Waals surface area contributed by atoms with E-state index in [0.717, 1.165) is 10.5 Å². The van der Waals surface area contributed by atoms with Gasteiger partial charge in [0.25, 0.3) is 11.8 Å². The van der Waals surface area contributed by atoms with E-state index in [4.69, 9.17) is 4.74 Å². The maximum absolute atomic E-state index is 12.1. The first-order valence-corrected chi connectivity index (χ1v) is 7.81. The Morgan fingerprint density at radius 1 is 1.32 bits per heavy atom. The molecule has 1 atom stereocenters. The van der Waals surface area contributed by atoms with E-state index in [2.05, 4.69) is 10.6 Å². The van der Waals surface area contributed by atoms with Crippen molar-refractivity contribution >= 4 is 29.5 Å². The van der Waals surface area contributed by atoms with E-state index in [1.807, 2.05) is 13.0 Å². The van der Waals surface area contributed by atoms with Crippen LogP contribution in [0.15, 0.2) is 24.3 Å². The first kappa shape index (κ1) is 18.4. The van der Waals surface area contributed by atoms with Gasteiger partial charge in [-0.05, 0) is 45.4 Å². The third-order valence-corrected chi connectivity index (χ3v) is 3.69. The molecule has 4 amide bonds. The van der Waals surface area contributed by atoms with E-state index >= 15 is 0 Å². The third kappa shape index (κ3) is 4.34. The molecule has 25 heavy (non-hydrogen) atoms. The highest BCUT2D eigenvalue weighted by atomic mass is 16.5. The lowest BCUT2D eigenvalue weighted by molar-refractivity contribution is -0.155. The van der Waals surface area contributed by atoms with E-state index < -0.39 is 42.0 Å². The second kappa shape index (κ2) is 6.92. The van der Waals surface area contributed by atoms with Gasteiger partial charge >= 0.3 is 12.0 Å². The number of rotatable bonds is 5. The Morgan fingerprint density at radius 2 is 2.00 bits per heavy atom. The van der Waals surface area contributed by atoms with E-state index in [0.29, 0.717) is 5.69 Å². The number of carbonyl (C=O) groups is 4. The number of ether oxygens (including phenoxy) is 1. The molecule has 0 saturated carbocycles. The summed E-state index contributed by atoms with van der Waals surface area (Å²) in [6.45, 7) is 5.83. The monoisotopic (exact) mass is 347 g/mol. The van der Waals surface area contributed by atoms with E-state index in [1.165, 1.54) is 20.8 Å². The van der Waals surface area contributed by atoms with Crippen molar-refractivity contribution in [3.8, 4) is 0 Å². The van der Waals surface area contributed by atoms with Gasteiger partial charge in [-0.2, -0.15) is 0 Å². The molecule has 1 aliphatic heterocycles. The normalized spacial score (nSPS) is 17.0. The molecule has 0 unspecified atom stereocenters. The van der Waals surface area contributed by atoms with Gasteiger partial charge in [0.05, 0.1) is 0 Å². The maximum Gasteiger partial charge on any atom is 0.327 e. The van der Waals surface area contributed by atoms with Crippen molar-refractivity contribution in [3.63, 3.8) is 0 Å². The Hall–Kier alpha value is -2.90. The van der Waals surface area contributed by atoms with Gasteiger partial charge in [0, 0.05) is 5.69 Å². The van der Waals surface area contributed by atoms with Gasteiger partial charge in [0.2, 0.25) is 0 Å². The number of carbonyl (C=O) groups excluding carboxylic acids is 4. The SMILES string of the molecule is Cc1cccc(NC(=O)[C@H](C)OC(=O)CN2C(=O)NC(C)(C)C2=O)c1. The fourth-order valence-corrected chi connectivity index (χ4v) is 2.35. The second-order valence-electron chi connectivity index (χ2n) is 6.44. The average Bonchev–Trinajstić information content (AvgIpc) is 2.69.